The van der Waals surface area contributed by atoms with Gasteiger partial charge in [0.25, 0.3) is 0 Å². The van der Waals surface area contributed by atoms with Crippen LogP contribution < -0.4 is 4.31 Å². The second kappa shape index (κ2) is 8.07. The van der Waals surface area contributed by atoms with Crippen LogP contribution in [0.3, 0.4) is 0 Å². The summed E-state index contributed by atoms with van der Waals surface area (Å²) in [6.07, 6.45) is 0.344. The van der Waals surface area contributed by atoms with Crippen molar-refractivity contribution in [3.63, 3.8) is 0 Å². The molecule has 0 saturated carbocycles. The van der Waals surface area contributed by atoms with E-state index in [1.165, 1.54) is 12.1 Å². The van der Waals surface area contributed by atoms with Gasteiger partial charge in [0.2, 0.25) is 0 Å². The number of aryl methyl sites for hydroxylation is 1. The molecule has 7 nitrogen and oxygen atoms in total. The van der Waals surface area contributed by atoms with Crippen LogP contribution in [-0.4, -0.2) is 38.0 Å². The molecule has 1 N–H and O–H groups in total. The smallest absolute Gasteiger partial charge is 0.327 e. The van der Waals surface area contributed by atoms with Crippen LogP contribution in [0.4, 0.5) is 5.69 Å². The Morgan fingerprint density at radius 2 is 1.83 bits per heavy atom. The first-order valence-electron chi connectivity index (χ1n) is 6.98. The number of esters is 1. The molecule has 1 atom stereocenters. The predicted octanol–water partition coefficient (Wildman–Crippen LogP) is 1.65. The molecule has 1 aromatic carbocycles. The summed E-state index contributed by atoms with van der Waals surface area (Å²) in [5.41, 5.74) is 0.377. The molecule has 0 aliphatic carbocycles. The number of rotatable bonds is 7. The number of carboxylic acid groups (broad SMARTS) is 1. The molecule has 0 aliphatic heterocycles. The minimum absolute atomic E-state index is 0.00550. The summed E-state index contributed by atoms with van der Waals surface area (Å²) in [6, 6.07) is 6.31. The number of carbonyl (C=O) groups is 2. The van der Waals surface area contributed by atoms with E-state index in [1.54, 1.807) is 32.9 Å². The van der Waals surface area contributed by atoms with Crippen molar-refractivity contribution in [3.8, 4) is 0 Å². The van der Waals surface area contributed by atoms with Gasteiger partial charge in [0.1, 0.15) is 12.1 Å². The molecule has 0 aromatic heterocycles. The fourth-order valence-corrected chi connectivity index (χ4v) is 2.31. The molecule has 0 fully saturated rings. The predicted molar refractivity (Wildman–Crippen MR) is 84.5 cm³/mol. The van der Waals surface area contributed by atoms with E-state index >= 15 is 0 Å². The lowest BCUT2D eigenvalue weighted by molar-refractivity contribution is -0.152. The van der Waals surface area contributed by atoms with Gasteiger partial charge in [-0.2, -0.15) is 0 Å². The maximum atomic E-state index is 11.8. The fraction of sp³-hybridized carbons (Fsp3) is 0.467. The van der Waals surface area contributed by atoms with Crippen LogP contribution >= 0.6 is 0 Å². The largest absolute Gasteiger partial charge is 0.755 e. The van der Waals surface area contributed by atoms with Crippen LogP contribution in [0.5, 0.6) is 0 Å². The highest BCUT2D eigenvalue weighted by Gasteiger charge is 2.20. The Morgan fingerprint density at radius 1 is 1.26 bits per heavy atom. The third-order valence-electron chi connectivity index (χ3n) is 2.72. The van der Waals surface area contributed by atoms with Crippen LogP contribution in [0.1, 0.15) is 32.8 Å². The van der Waals surface area contributed by atoms with E-state index in [1.807, 2.05) is 0 Å². The van der Waals surface area contributed by atoms with Gasteiger partial charge >= 0.3 is 11.9 Å². The van der Waals surface area contributed by atoms with Crippen molar-refractivity contribution >= 4 is 28.9 Å². The van der Waals surface area contributed by atoms with E-state index in [4.69, 9.17) is 9.84 Å². The average molecular weight is 342 g/mol. The molecule has 1 rings (SSSR count). The number of hydrogen-bond acceptors (Lipinski definition) is 5. The third kappa shape index (κ3) is 7.25. The SMILES string of the molecule is CC(C)(C)OC(=O)CN(c1ccc(CCC(=O)O)cc1)S(=O)[O-]. The zero-order valence-corrected chi connectivity index (χ0v) is 14.1. The van der Waals surface area contributed by atoms with Crippen molar-refractivity contribution in [3.05, 3.63) is 29.8 Å². The molecule has 23 heavy (non-hydrogen) atoms. The van der Waals surface area contributed by atoms with E-state index in [-0.39, 0.29) is 6.42 Å². The Hall–Kier alpha value is -1.93. The number of aliphatic carboxylic acids is 1. The van der Waals surface area contributed by atoms with E-state index in [9.17, 15) is 18.4 Å². The molecular formula is C15H20NO6S-. The first-order chi connectivity index (χ1) is 10.6. The van der Waals surface area contributed by atoms with Gasteiger partial charge in [-0.15, -0.1) is 0 Å². The standard InChI is InChI=1S/C15H21NO6S/c1-15(2,3)22-14(19)10-16(23(20)21)12-7-4-11(5-8-12)6-9-13(17)18/h4-5,7-8H,6,9-10H2,1-3H3,(H,17,18)(H,20,21)/p-1. The Morgan fingerprint density at radius 3 is 2.26 bits per heavy atom. The average Bonchev–Trinajstić information content (AvgIpc) is 2.41. The summed E-state index contributed by atoms with van der Waals surface area (Å²) >= 11 is -2.63. The molecule has 0 spiro atoms. The summed E-state index contributed by atoms with van der Waals surface area (Å²) in [6.45, 7) is 4.66. The van der Waals surface area contributed by atoms with Crippen LogP contribution in [-0.2, 0) is 32.0 Å². The highest BCUT2D eigenvalue weighted by molar-refractivity contribution is 7.80. The van der Waals surface area contributed by atoms with E-state index < -0.39 is 35.4 Å². The van der Waals surface area contributed by atoms with Gasteiger partial charge in [-0.05, 0) is 44.9 Å². The first-order valence-corrected chi connectivity index (χ1v) is 8.01. The number of benzene rings is 1. The van der Waals surface area contributed by atoms with Gasteiger partial charge in [0.05, 0.1) is 0 Å². The number of carboxylic acids is 1. The summed E-state index contributed by atoms with van der Waals surface area (Å²) in [5, 5.41) is 8.64. The van der Waals surface area contributed by atoms with Crippen molar-refractivity contribution in [2.75, 3.05) is 10.8 Å². The monoisotopic (exact) mass is 342 g/mol. The second-order valence-electron chi connectivity index (χ2n) is 5.90. The quantitative estimate of drug-likeness (QED) is 0.596. The molecule has 128 valence electrons. The second-order valence-corrected chi connectivity index (χ2v) is 6.78. The molecule has 0 radical (unpaired) electrons. The summed E-state index contributed by atoms with van der Waals surface area (Å²) < 4.78 is 28.7. The molecule has 0 bridgehead atoms. The molecule has 0 heterocycles. The Bertz CT molecular complexity index is 579. The van der Waals surface area contributed by atoms with Gasteiger partial charge in [0.15, 0.2) is 0 Å². The third-order valence-corrected chi connectivity index (χ3v) is 3.42. The highest BCUT2D eigenvalue weighted by atomic mass is 32.2. The van der Waals surface area contributed by atoms with Gasteiger partial charge in [-0.1, -0.05) is 12.1 Å². The molecule has 0 saturated heterocycles. The topological polar surface area (TPSA) is 107 Å². The molecule has 1 aromatic rings. The zero-order chi connectivity index (χ0) is 17.6. The van der Waals surface area contributed by atoms with Crippen molar-refractivity contribution < 1.29 is 28.2 Å². The van der Waals surface area contributed by atoms with Gasteiger partial charge in [0, 0.05) is 23.4 Å². The zero-order valence-electron chi connectivity index (χ0n) is 13.3. The van der Waals surface area contributed by atoms with Crippen molar-refractivity contribution in [2.45, 2.75) is 39.2 Å². The number of ether oxygens (including phenoxy) is 1. The fourth-order valence-electron chi connectivity index (χ4n) is 1.80. The number of carbonyl (C=O) groups excluding carboxylic acids is 1. The molecule has 8 heteroatoms. The van der Waals surface area contributed by atoms with E-state index in [0.717, 1.165) is 9.87 Å². The van der Waals surface area contributed by atoms with Crippen LogP contribution in [0.15, 0.2) is 24.3 Å². The number of hydrogen-bond donors (Lipinski definition) is 1. The molecule has 1 unspecified atom stereocenters. The Labute approximate surface area is 137 Å². The van der Waals surface area contributed by atoms with Crippen LogP contribution in [0, 0.1) is 0 Å². The van der Waals surface area contributed by atoms with Crippen molar-refractivity contribution in [2.24, 2.45) is 0 Å². The van der Waals surface area contributed by atoms with Gasteiger partial charge < -0.3 is 14.4 Å². The van der Waals surface area contributed by atoms with E-state index in [0.29, 0.717) is 12.1 Å². The molecule has 0 aliphatic rings. The number of nitrogens with zero attached hydrogens (tertiary/aromatic N) is 1. The first kappa shape index (κ1) is 19.1. The lowest BCUT2D eigenvalue weighted by atomic mass is 10.1. The Balaban J connectivity index is 2.79. The van der Waals surface area contributed by atoms with E-state index in [2.05, 4.69) is 0 Å². The highest BCUT2D eigenvalue weighted by Crippen LogP contribution is 2.18. The minimum atomic E-state index is -2.63. The summed E-state index contributed by atoms with van der Waals surface area (Å²) in [5.74, 6) is -1.56. The minimum Gasteiger partial charge on any atom is -0.755 e. The lowest BCUT2D eigenvalue weighted by Gasteiger charge is -2.27. The number of anilines is 1. The Kier molecular flexibility index (Phi) is 6.71. The normalized spacial score (nSPS) is 12.5. The van der Waals surface area contributed by atoms with Crippen LogP contribution in [0.2, 0.25) is 0 Å². The maximum absolute atomic E-state index is 11.8. The summed E-state index contributed by atoms with van der Waals surface area (Å²) in [4.78, 5) is 22.3. The summed E-state index contributed by atoms with van der Waals surface area (Å²) in [7, 11) is 0. The molecule has 0 amide bonds. The molecular weight excluding hydrogens is 322 g/mol. The van der Waals surface area contributed by atoms with Crippen molar-refractivity contribution in [1.29, 1.82) is 0 Å². The van der Waals surface area contributed by atoms with Gasteiger partial charge in [-0.25, -0.2) is 0 Å². The lowest BCUT2D eigenvalue weighted by Crippen LogP contribution is -2.36. The van der Waals surface area contributed by atoms with Crippen LogP contribution in [0.25, 0.3) is 0 Å². The van der Waals surface area contributed by atoms with Gasteiger partial charge in [-0.3, -0.25) is 18.1 Å². The maximum Gasteiger partial charge on any atom is 0.327 e. The van der Waals surface area contributed by atoms with Crippen molar-refractivity contribution in [1.82, 2.24) is 0 Å².